The normalized spacial score (nSPS) is 12.8. The number of hydrogen-bond acceptors (Lipinski definition) is 5. The monoisotopic (exact) mass is 354 g/mol. The molecule has 0 spiro atoms. The second-order valence-corrected chi connectivity index (χ2v) is 6.48. The van der Waals surface area contributed by atoms with Gasteiger partial charge in [0.15, 0.2) is 0 Å². The molecule has 124 valence electrons. The van der Waals surface area contributed by atoms with Crippen molar-refractivity contribution in [1.29, 1.82) is 0 Å². The minimum absolute atomic E-state index is 0.136. The lowest BCUT2D eigenvalue weighted by Crippen LogP contribution is -2.40. The molecule has 2 heterocycles. The second-order valence-electron chi connectivity index (χ2n) is 5.42. The molecule has 1 aliphatic carbocycles. The molecule has 6 nitrogen and oxygen atoms in total. The molecule has 0 bridgehead atoms. The Morgan fingerprint density at radius 3 is 2.76 bits per heavy atom. The van der Waals surface area contributed by atoms with Crippen LogP contribution in [0.1, 0.15) is 11.4 Å². The molecule has 0 unspecified atom stereocenters. The first kappa shape index (κ1) is 15.4. The third-order valence-corrected chi connectivity index (χ3v) is 4.71. The summed E-state index contributed by atoms with van der Waals surface area (Å²) in [4.78, 5) is 24.4. The zero-order chi connectivity index (χ0) is 17.4. The zero-order valence-corrected chi connectivity index (χ0v) is 13.7. The lowest BCUT2D eigenvalue weighted by atomic mass is 10.2. The maximum Gasteiger partial charge on any atom is 0.321 e. The van der Waals surface area contributed by atoms with Crippen LogP contribution in [0, 0.1) is 5.82 Å². The van der Waals surface area contributed by atoms with Gasteiger partial charge in [0.05, 0.1) is 12.2 Å². The van der Waals surface area contributed by atoms with Gasteiger partial charge in [0, 0.05) is 24.4 Å². The molecule has 8 heteroatoms. The molecule has 0 saturated carbocycles. The van der Waals surface area contributed by atoms with E-state index in [1.165, 1.54) is 32.6 Å². The van der Waals surface area contributed by atoms with Crippen LogP contribution in [0.3, 0.4) is 0 Å². The second kappa shape index (κ2) is 6.08. The van der Waals surface area contributed by atoms with Gasteiger partial charge in [0.1, 0.15) is 15.8 Å². The summed E-state index contributed by atoms with van der Waals surface area (Å²) in [6.07, 6.45) is 5.51. The number of allylic oxidation sites excluding steroid dienone is 1. The van der Waals surface area contributed by atoms with Crippen molar-refractivity contribution in [3.63, 3.8) is 0 Å². The number of rotatable bonds is 4. The fraction of sp³-hybridized carbons (Fsp3) is 0.118. The Morgan fingerprint density at radius 1 is 1.20 bits per heavy atom. The first-order valence-corrected chi connectivity index (χ1v) is 8.28. The first-order chi connectivity index (χ1) is 12.1. The molecule has 25 heavy (non-hydrogen) atoms. The van der Waals surface area contributed by atoms with E-state index in [2.05, 4.69) is 15.9 Å². The van der Waals surface area contributed by atoms with E-state index < -0.39 is 11.1 Å². The third-order valence-electron chi connectivity index (χ3n) is 3.76. The molecule has 0 atom stereocenters. The topological polar surface area (TPSA) is 69.8 Å². The molecule has 0 saturated heterocycles. The summed E-state index contributed by atoms with van der Waals surface area (Å²) in [5.41, 5.74) is 2.93. The summed E-state index contributed by atoms with van der Waals surface area (Å²) in [5.74, 6) is -0.353. The summed E-state index contributed by atoms with van der Waals surface area (Å²) in [6, 6.07) is 6.06. The van der Waals surface area contributed by atoms with Gasteiger partial charge in [-0.1, -0.05) is 23.5 Å². The van der Waals surface area contributed by atoms with Crippen LogP contribution >= 0.6 is 11.3 Å². The van der Waals surface area contributed by atoms with E-state index in [1.807, 2.05) is 0 Å². The lowest BCUT2D eigenvalue weighted by molar-refractivity contribution is 0.628. The minimum Gasteiger partial charge on any atom is -0.302 e. The standard InChI is InChI=1S/C17H11FN4O2S/c18-12-4-1-3-11(9-12)15-20-19-14(25-15)10-21-7-8-22(13-5-2-6-13)17(24)16(21)23/h1-4,7-9H,5,10H2. The van der Waals surface area contributed by atoms with E-state index in [0.717, 1.165) is 0 Å². The number of aromatic nitrogens is 4. The van der Waals surface area contributed by atoms with Crippen molar-refractivity contribution >= 4 is 17.0 Å². The van der Waals surface area contributed by atoms with Crippen LogP contribution in [0.4, 0.5) is 4.39 Å². The lowest BCUT2D eigenvalue weighted by Gasteiger charge is -2.11. The van der Waals surface area contributed by atoms with Gasteiger partial charge in [-0.3, -0.25) is 14.2 Å². The molecular formula is C17H11FN4O2S. The Balaban J connectivity index is 1.63. The van der Waals surface area contributed by atoms with Crippen molar-refractivity contribution in [2.45, 2.75) is 13.0 Å². The van der Waals surface area contributed by atoms with E-state index in [9.17, 15) is 14.0 Å². The van der Waals surface area contributed by atoms with Crippen molar-refractivity contribution < 1.29 is 4.39 Å². The predicted octanol–water partition coefficient (Wildman–Crippen LogP) is 2.12. The van der Waals surface area contributed by atoms with Crippen molar-refractivity contribution in [3.8, 4) is 10.6 Å². The molecule has 0 aliphatic heterocycles. The molecule has 1 aromatic carbocycles. The average Bonchev–Trinajstić information content (AvgIpc) is 3.01. The van der Waals surface area contributed by atoms with Crippen LogP contribution in [-0.2, 0) is 6.54 Å². The summed E-state index contributed by atoms with van der Waals surface area (Å²) < 4.78 is 15.9. The molecule has 2 aromatic heterocycles. The third kappa shape index (κ3) is 2.88. The highest BCUT2D eigenvalue weighted by Crippen LogP contribution is 2.24. The summed E-state index contributed by atoms with van der Waals surface area (Å²) in [7, 11) is 0. The fourth-order valence-electron chi connectivity index (χ4n) is 2.41. The highest BCUT2D eigenvalue weighted by atomic mass is 32.1. The van der Waals surface area contributed by atoms with Gasteiger partial charge in [0.25, 0.3) is 0 Å². The number of benzene rings is 1. The largest absolute Gasteiger partial charge is 0.321 e. The quantitative estimate of drug-likeness (QED) is 0.532. The van der Waals surface area contributed by atoms with Gasteiger partial charge in [-0.15, -0.1) is 15.9 Å². The highest BCUT2D eigenvalue weighted by Gasteiger charge is 2.13. The highest BCUT2D eigenvalue weighted by molar-refractivity contribution is 7.14. The number of halogens is 1. The van der Waals surface area contributed by atoms with Gasteiger partial charge in [-0.25, -0.2) is 4.39 Å². The van der Waals surface area contributed by atoms with E-state index >= 15 is 0 Å². The predicted molar refractivity (Wildman–Crippen MR) is 91.8 cm³/mol. The maximum absolute atomic E-state index is 13.3. The van der Waals surface area contributed by atoms with Crippen molar-refractivity contribution in [2.24, 2.45) is 0 Å². The van der Waals surface area contributed by atoms with Gasteiger partial charge in [-0.05, 0) is 18.2 Å². The van der Waals surface area contributed by atoms with Crippen LogP contribution in [0.5, 0.6) is 0 Å². The fourth-order valence-corrected chi connectivity index (χ4v) is 3.24. The zero-order valence-electron chi connectivity index (χ0n) is 12.8. The number of hydrogen-bond donors (Lipinski definition) is 0. The molecule has 0 fully saturated rings. The van der Waals surface area contributed by atoms with E-state index in [-0.39, 0.29) is 12.4 Å². The Labute approximate surface area is 144 Å². The van der Waals surface area contributed by atoms with Gasteiger partial charge in [-0.2, -0.15) is 0 Å². The maximum atomic E-state index is 13.3. The van der Waals surface area contributed by atoms with Crippen LogP contribution in [0.2, 0.25) is 0 Å². The van der Waals surface area contributed by atoms with E-state index in [1.54, 1.807) is 30.6 Å². The Bertz CT molecular complexity index is 1150. The number of nitrogens with zero attached hydrogens (tertiary/aromatic N) is 4. The van der Waals surface area contributed by atoms with Crippen molar-refractivity contribution in [1.82, 2.24) is 19.3 Å². The minimum atomic E-state index is -0.633. The molecule has 0 radical (unpaired) electrons. The SMILES string of the molecule is O=c1c(=O)n(C2=C=CC2)ccn1Cc1nnc(-c2cccc(F)c2)s1. The molecular weight excluding hydrogens is 343 g/mol. The van der Waals surface area contributed by atoms with Crippen LogP contribution in [0.25, 0.3) is 16.3 Å². The van der Waals surface area contributed by atoms with Gasteiger partial charge < -0.3 is 4.57 Å². The van der Waals surface area contributed by atoms with Crippen LogP contribution in [0.15, 0.2) is 58.1 Å². The smallest absolute Gasteiger partial charge is 0.302 e. The Kier molecular flexibility index (Phi) is 3.76. The average molecular weight is 354 g/mol. The van der Waals surface area contributed by atoms with Crippen molar-refractivity contribution in [3.05, 3.63) is 80.0 Å². The molecule has 1 aliphatic rings. The van der Waals surface area contributed by atoms with E-state index in [0.29, 0.717) is 27.7 Å². The molecule has 0 N–H and O–H groups in total. The molecule has 0 amide bonds. The summed E-state index contributed by atoms with van der Waals surface area (Å²) in [6.45, 7) is 0.136. The molecule has 3 aromatic rings. The Hall–Kier alpha value is -3.09. The van der Waals surface area contributed by atoms with Crippen LogP contribution < -0.4 is 11.1 Å². The van der Waals surface area contributed by atoms with E-state index in [4.69, 9.17) is 0 Å². The van der Waals surface area contributed by atoms with Gasteiger partial charge >= 0.3 is 11.1 Å². The van der Waals surface area contributed by atoms with Crippen LogP contribution in [-0.4, -0.2) is 19.3 Å². The Morgan fingerprint density at radius 2 is 2.04 bits per heavy atom. The first-order valence-electron chi connectivity index (χ1n) is 7.46. The summed E-state index contributed by atoms with van der Waals surface area (Å²) in [5, 5.41) is 9.17. The molecule has 4 rings (SSSR count). The van der Waals surface area contributed by atoms with Crippen molar-refractivity contribution in [2.75, 3.05) is 0 Å². The van der Waals surface area contributed by atoms with Gasteiger partial charge in [0.2, 0.25) is 0 Å². The summed E-state index contributed by atoms with van der Waals surface area (Å²) >= 11 is 1.25.